The number of nitrogens with one attached hydrogen (secondary N) is 2. The van der Waals surface area contributed by atoms with Gasteiger partial charge in [0, 0.05) is 13.1 Å². The molecule has 122 valence electrons. The molecule has 0 radical (unpaired) electrons. The van der Waals surface area contributed by atoms with Crippen molar-refractivity contribution in [2.75, 3.05) is 13.1 Å². The maximum atomic E-state index is 12.2. The third-order valence-electron chi connectivity index (χ3n) is 3.91. The standard InChI is InChI=1S/C16H31N3O2/c1-3-5-12-19(13-6-4-2)16(20)18-15(17)21-14-10-8-7-9-11-14/h14H,3-13H2,1-2H3,(H2,17,18,20). The molecular formula is C16H31N3O2. The molecule has 0 atom stereocenters. The molecule has 21 heavy (non-hydrogen) atoms. The Morgan fingerprint density at radius 3 is 2.24 bits per heavy atom. The Morgan fingerprint density at radius 1 is 1.14 bits per heavy atom. The summed E-state index contributed by atoms with van der Waals surface area (Å²) in [6.07, 6.45) is 9.77. The van der Waals surface area contributed by atoms with Crippen LogP contribution < -0.4 is 5.32 Å². The minimum absolute atomic E-state index is 0.0927. The second-order valence-corrected chi connectivity index (χ2v) is 5.83. The average molecular weight is 297 g/mol. The average Bonchev–Trinajstić information content (AvgIpc) is 2.48. The number of nitrogens with zero attached hydrogens (tertiary/aromatic N) is 1. The van der Waals surface area contributed by atoms with Crippen molar-refractivity contribution in [1.29, 1.82) is 5.41 Å². The van der Waals surface area contributed by atoms with Gasteiger partial charge in [0.05, 0.1) is 0 Å². The SMILES string of the molecule is CCCCN(CCCC)C(=O)NC(=N)OC1CCCCC1. The zero-order chi connectivity index (χ0) is 15.5. The van der Waals surface area contributed by atoms with Crippen molar-refractivity contribution in [1.82, 2.24) is 10.2 Å². The molecule has 0 aliphatic heterocycles. The number of rotatable bonds is 7. The van der Waals surface area contributed by atoms with Gasteiger partial charge in [-0.05, 0) is 38.5 Å². The van der Waals surface area contributed by atoms with E-state index in [4.69, 9.17) is 10.1 Å². The largest absolute Gasteiger partial charge is 0.462 e. The Bertz CT molecular complexity index is 307. The molecule has 5 heteroatoms. The molecule has 5 nitrogen and oxygen atoms in total. The van der Waals surface area contributed by atoms with Crippen LogP contribution in [0.2, 0.25) is 0 Å². The summed E-state index contributed by atoms with van der Waals surface area (Å²) in [5, 5.41) is 10.4. The lowest BCUT2D eigenvalue weighted by Crippen LogP contribution is -2.45. The van der Waals surface area contributed by atoms with E-state index in [0.29, 0.717) is 0 Å². The third kappa shape index (κ3) is 7.34. The second kappa shape index (κ2) is 10.5. The number of carbonyl (C=O) groups is 1. The topological polar surface area (TPSA) is 65.4 Å². The van der Waals surface area contributed by atoms with Crippen molar-refractivity contribution < 1.29 is 9.53 Å². The van der Waals surface area contributed by atoms with E-state index in [9.17, 15) is 4.79 Å². The molecule has 2 amide bonds. The first-order chi connectivity index (χ1) is 10.2. The first-order valence-corrected chi connectivity index (χ1v) is 8.48. The first-order valence-electron chi connectivity index (χ1n) is 8.48. The van der Waals surface area contributed by atoms with E-state index in [0.717, 1.165) is 64.5 Å². The minimum atomic E-state index is -0.197. The summed E-state index contributed by atoms with van der Waals surface area (Å²) >= 11 is 0. The van der Waals surface area contributed by atoms with Crippen molar-refractivity contribution in [2.24, 2.45) is 0 Å². The summed E-state index contributed by atoms with van der Waals surface area (Å²) in [6, 6.07) is -0.289. The monoisotopic (exact) mass is 297 g/mol. The summed E-state index contributed by atoms with van der Waals surface area (Å²) in [4.78, 5) is 14.0. The molecule has 1 rings (SSSR count). The van der Waals surface area contributed by atoms with Crippen LogP contribution in [0, 0.1) is 5.41 Å². The number of amidine groups is 1. The molecule has 0 aromatic heterocycles. The normalized spacial score (nSPS) is 15.5. The Kier molecular flexibility index (Phi) is 8.87. The molecule has 1 saturated carbocycles. The lowest BCUT2D eigenvalue weighted by Gasteiger charge is -2.25. The van der Waals surface area contributed by atoms with Crippen molar-refractivity contribution in [3.63, 3.8) is 0 Å². The molecule has 0 bridgehead atoms. The van der Waals surface area contributed by atoms with Gasteiger partial charge < -0.3 is 9.64 Å². The van der Waals surface area contributed by atoms with Crippen LogP contribution in [0.15, 0.2) is 0 Å². The summed E-state index contributed by atoms with van der Waals surface area (Å²) in [5.74, 6) is 0. The van der Waals surface area contributed by atoms with E-state index in [2.05, 4.69) is 19.2 Å². The van der Waals surface area contributed by atoms with Gasteiger partial charge in [0.25, 0.3) is 6.02 Å². The van der Waals surface area contributed by atoms with E-state index in [-0.39, 0.29) is 18.2 Å². The maximum Gasteiger partial charge on any atom is 0.325 e. The molecule has 0 unspecified atom stereocenters. The van der Waals surface area contributed by atoms with Crippen molar-refractivity contribution in [3.8, 4) is 0 Å². The molecule has 2 N–H and O–H groups in total. The Labute approximate surface area is 128 Å². The maximum absolute atomic E-state index is 12.2. The molecule has 1 aliphatic carbocycles. The van der Waals surface area contributed by atoms with Crippen LogP contribution in [0.25, 0.3) is 0 Å². The number of hydrogen-bond acceptors (Lipinski definition) is 3. The summed E-state index contributed by atoms with van der Waals surface area (Å²) in [7, 11) is 0. The zero-order valence-corrected chi connectivity index (χ0v) is 13.6. The van der Waals surface area contributed by atoms with E-state index in [1.54, 1.807) is 4.90 Å². The highest BCUT2D eigenvalue weighted by Gasteiger charge is 2.19. The molecule has 0 spiro atoms. The third-order valence-corrected chi connectivity index (χ3v) is 3.91. The Balaban J connectivity index is 2.36. The molecule has 0 heterocycles. The number of amides is 2. The number of hydrogen-bond donors (Lipinski definition) is 2. The minimum Gasteiger partial charge on any atom is -0.462 e. The van der Waals surface area contributed by atoms with Gasteiger partial charge in [-0.15, -0.1) is 0 Å². The lowest BCUT2D eigenvalue weighted by molar-refractivity contribution is 0.132. The van der Waals surface area contributed by atoms with Gasteiger partial charge in [-0.2, -0.15) is 0 Å². The van der Waals surface area contributed by atoms with Crippen LogP contribution in [-0.4, -0.2) is 36.1 Å². The van der Waals surface area contributed by atoms with Crippen molar-refractivity contribution >= 4 is 12.1 Å². The predicted molar refractivity (Wildman–Crippen MR) is 85.6 cm³/mol. The van der Waals surface area contributed by atoms with Gasteiger partial charge >= 0.3 is 6.03 Å². The highest BCUT2D eigenvalue weighted by Crippen LogP contribution is 2.20. The lowest BCUT2D eigenvalue weighted by atomic mass is 9.98. The van der Waals surface area contributed by atoms with Gasteiger partial charge in [-0.3, -0.25) is 10.7 Å². The van der Waals surface area contributed by atoms with Crippen molar-refractivity contribution in [2.45, 2.75) is 77.7 Å². The fraction of sp³-hybridized carbons (Fsp3) is 0.875. The van der Waals surface area contributed by atoms with E-state index in [1.807, 2.05) is 0 Å². The smallest absolute Gasteiger partial charge is 0.325 e. The predicted octanol–water partition coefficient (Wildman–Crippen LogP) is 3.88. The Hall–Kier alpha value is -1.26. The summed E-state index contributed by atoms with van der Waals surface area (Å²) in [6.45, 7) is 5.73. The number of urea groups is 1. The zero-order valence-electron chi connectivity index (χ0n) is 13.6. The molecule has 0 aromatic rings. The van der Waals surface area contributed by atoms with Crippen LogP contribution in [0.1, 0.15) is 71.6 Å². The number of ether oxygens (including phenoxy) is 1. The van der Waals surface area contributed by atoms with Gasteiger partial charge in [-0.25, -0.2) is 4.79 Å². The molecule has 0 saturated heterocycles. The van der Waals surface area contributed by atoms with Gasteiger partial charge in [0.15, 0.2) is 0 Å². The van der Waals surface area contributed by atoms with Gasteiger partial charge in [0.1, 0.15) is 6.10 Å². The number of carbonyl (C=O) groups excluding carboxylic acids is 1. The molecule has 1 aliphatic rings. The Morgan fingerprint density at radius 2 is 1.71 bits per heavy atom. The highest BCUT2D eigenvalue weighted by atomic mass is 16.5. The highest BCUT2D eigenvalue weighted by molar-refractivity contribution is 5.91. The van der Waals surface area contributed by atoms with Crippen LogP contribution in [-0.2, 0) is 4.74 Å². The molecular weight excluding hydrogens is 266 g/mol. The van der Waals surface area contributed by atoms with Crippen LogP contribution in [0.5, 0.6) is 0 Å². The fourth-order valence-electron chi connectivity index (χ4n) is 2.57. The molecule has 1 fully saturated rings. The quantitative estimate of drug-likeness (QED) is 0.553. The number of unbranched alkanes of at least 4 members (excludes halogenated alkanes) is 2. The van der Waals surface area contributed by atoms with Gasteiger partial charge in [-0.1, -0.05) is 33.1 Å². The fourth-order valence-corrected chi connectivity index (χ4v) is 2.57. The van der Waals surface area contributed by atoms with Crippen LogP contribution in [0.3, 0.4) is 0 Å². The van der Waals surface area contributed by atoms with E-state index < -0.39 is 0 Å². The van der Waals surface area contributed by atoms with Crippen LogP contribution in [0.4, 0.5) is 4.79 Å². The van der Waals surface area contributed by atoms with Crippen LogP contribution >= 0.6 is 0 Å². The van der Waals surface area contributed by atoms with Crippen molar-refractivity contribution in [3.05, 3.63) is 0 Å². The second-order valence-electron chi connectivity index (χ2n) is 5.83. The summed E-state index contributed by atoms with van der Waals surface area (Å²) < 4.78 is 5.55. The van der Waals surface area contributed by atoms with Gasteiger partial charge in [0.2, 0.25) is 0 Å². The molecule has 0 aromatic carbocycles. The summed E-state index contributed by atoms with van der Waals surface area (Å²) in [5.41, 5.74) is 0. The van der Waals surface area contributed by atoms with E-state index >= 15 is 0 Å². The van der Waals surface area contributed by atoms with E-state index in [1.165, 1.54) is 6.42 Å². The first kappa shape index (κ1) is 17.8.